The van der Waals surface area contributed by atoms with Crippen molar-refractivity contribution in [1.82, 2.24) is 4.72 Å². The molecule has 0 saturated carbocycles. The van der Waals surface area contributed by atoms with Crippen molar-refractivity contribution in [3.8, 4) is 5.75 Å². The summed E-state index contributed by atoms with van der Waals surface area (Å²) >= 11 is 5.90. The Morgan fingerprint density at radius 3 is 2.74 bits per heavy atom. The number of benzene rings is 1. The number of nitrogens with one attached hydrogen (secondary N) is 1. The van der Waals surface area contributed by atoms with Crippen LogP contribution in [0.3, 0.4) is 0 Å². The van der Waals surface area contributed by atoms with Gasteiger partial charge in [-0.05, 0) is 30.3 Å². The molecule has 0 aliphatic rings. The summed E-state index contributed by atoms with van der Waals surface area (Å²) < 4.78 is 36.5. The van der Waals surface area contributed by atoms with Crippen molar-refractivity contribution in [3.63, 3.8) is 0 Å². The molecule has 1 heterocycles. The Balaban J connectivity index is 2.17. The van der Waals surface area contributed by atoms with Crippen LogP contribution in [0.2, 0.25) is 5.02 Å². The molecule has 0 fully saturated rings. The Labute approximate surface area is 116 Å². The molecule has 0 spiro atoms. The molecule has 0 unspecified atom stereocenters. The lowest BCUT2D eigenvalue weighted by Crippen LogP contribution is -2.23. The second kappa shape index (κ2) is 5.64. The SMILES string of the molecule is COc1ccc(S(=O)(=O)NCc2ccco2)cc1Cl. The average Bonchev–Trinajstić information content (AvgIpc) is 2.89. The molecule has 5 nitrogen and oxygen atoms in total. The molecule has 19 heavy (non-hydrogen) atoms. The lowest BCUT2D eigenvalue weighted by atomic mass is 10.3. The van der Waals surface area contributed by atoms with Crippen molar-refractivity contribution in [3.05, 3.63) is 47.4 Å². The monoisotopic (exact) mass is 301 g/mol. The Bertz CT molecular complexity index is 652. The maximum absolute atomic E-state index is 12.0. The van der Waals surface area contributed by atoms with Crippen molar-refractivity contribution >= 4 is 21.6 Å². The van der Waals surface area contributed by atoms with E-state index in [0.717, 1.165) is 0 Å². The third kappa shape index (κ3) is 3.28. The maximum atomic E-state index is 12.0. The summed E-state index contributed by atoms with van der Waals surface area (Å²) in [6.07, 6.45) is 1.48. The van der Waals surface area contributed by atoms with Crippen LogP contribution in [0.1, 0.15) is 5.76 Å². The van der Waals surface area contributed by atoms with Crippen LogP contribution < -0.4 is 9.46 Å². The largest absolute Gasteiger partial charge is 0.495 e. The summed E-state index contributed by atoms with van der Waals surface area (Å²) in [5, 5.41) is 0.239. The van der Waals surface area contributed by atoms with E-state index in [1.54, 1.807) is 12.1 Å². The van der Waals surface area contributed by atoms with E-state index in [2.05, 4.69) is 4.72 Å². The average molecular weight is 302 g/mol. The molecule has 102 valence electrons. The van der Waals surface area contributed by atoms with Gasteiger partial charge in [-0.3, -0.25) is 0 Å². The molecular weight excluding hydrogens is 290 g/mol. The standard InChI is InChI=1S/C12H12ClNO4S/c1-17-12-5-4-10(7-11(12)13)19(15,16)14-8-9-3-2-6-18-9/h2-7,14H,8H2,1H3. The first-order valence-electron chi connectivity index (χ1n) is 5.38. The van der Waals surface area contributed by atoms with Gasteiger partial charge < -0.3 is 9.15 Å². The van der Waals surface area contributed by atoms with E-state index in [0.29, 0.717) is 11.5 Å². The molecule has 0 atom stereocenters. The van der Waals surface area contributed by atoms with Crippen LogP contribution in [0.5, 0.6) is 5.75 Å². The summed E-state index contributed by atoms with van der Waals surface area (Å²) in [7, 11) is -2.17. The van der Waals surface area contributed by atoms with Gasteiger partial charge in [0.2, 0.25) is 10.0 Å². The number of ether oxygens (including phenoxy) is 1. The van der Waals surface area contributed by atoms with Crippen molar-refractivity contribution in [2.24, 2.45) is 0 Å². The van der Waals surface area contributed by atoms with Crippen LogP contribution in [0.25, 0.3) is 0 Å². The molecule has 7 heteroatoms. The highest BCUT2D eigenvalue weighted by molar-refractivity contribution is 7.89. The van der Waals surface area contributed by atoms with Gasteiger partial charge >= 0.3 is 0 Å². The predicted octanol–water partition coefficient (Wildman–Crippen LogP) is 2.42. The van der Waals surface area contributed by atoms with Crippen LogP contribution in [0, 0.1) is 0 Å². The minimum atomic E-state index is -3.63. The molecule has 0 radical (unpaired) electrons. The van der Waals surface area contributed by atoms with Crippen molar-refractivity contribution in [2.75, 3.05) is 7.11 Å². The van der Waals surface area contributed by atoms with E-state index >= 15 is 0 Å². The van der Waals surface area contributed by atoms with Crippen LogP contribution in [-0.2, 0) is 16.6 Å². The summed E-state index contributed by atoms with van der Waals surface area (Å²) in [4.78, 5) is 0.0739. The molecule has 2 aromatic rings. The zero-order valence-electron chi connectivity index (χ0n) is 10.1. The molecule has 1 N–H and O–H groups in total. The first-order chi connectivity index (χ1) is 9.03. The van der Waals surface area contributed by atoms with Crippen LogP contribution in [-0.4, -0.2) is 15.5 Å². The van der Waals surface area contributed by atoms with Gasteiger partial charge in [-0.2, -0.15) is 0 Å². The van der Waals surface area contributed by atoms with Gasteiger partial charge in [0.05, 0.1) is 29.8 Å². The van der Waals surface area contributed by atoms with Crippen molar-refractivity contribution < 1.29 is 17.6 Å². The molecular formula is C12H12ClNO4S. The molecule has 2 rings (SSSR count). The van der Waals surface area contributed by atoms with Crippen LogP contribution in [0.15, 0.2) is 45.9 Å². The zero-order chi connectivity index (χ0) is 13.9. The number of halogens is 1. The normalized spacial score (nSPS) is 11.5. The number of furan rings is 1. The fourth-order valence-corrected chi connectivity index (χ4v) is 2.82. The number of sulfonamides is 1. The van der Waals surface area contributed by atoms with Gasteiger partial charge in [0.25, 0.3) is 0 Å². The summed E-state index contributed by atoms with van der Waals surface area (Å²) in [5.41, 5.74) is 0. The number of hydrogen-bond acceptors (Lipinski definition) is 4. The van der Waals surface area contributed by atoms with Gasteiger partial charge in [0, 0.05) is 0 Å². The molecule has 1 aromatic carbocycles. The maximum Gasteiger partial charge on any atom is 0.241 e. The highest BCUT2D eigenvalue weighted by Crippen LogP contribution is 2.26. The van der Waals surface area contributed by atoms with E-state index in [4.69, 9.17) is 20.8 Å². The zero-order valence-corrected chi connectivity index (χ0v) is 11.7. The second-order valence-electron chi connectivity index (χ2n) is 3.70. The Hall–Kier alpha value is -1.50. The minimum absolute atomic E-state index is 0.0739. The molecule has 0 aliphatic carbocycles. The topological polar surface area (TPSA) is 68.5 Å². The smallest absolute Gasteiger partial charge is 0.241 e. The molecule has 0 amide bonds. The lowest BCUT2D eigenvalue weighted by Gasteiger charge is -2.08. The first-order valence-corrected chi connectivity index (χ1v) is 7.24. The molecule has 0 bridgehead atoms. The van der Waals surface area contributed by atoms with Crippen LogP contribution >= 0.6 is 11.6 Å². The molecule has 0 saturated heterocycles. The first kappa shape index (κ1) is 13.9. The minimum Gasteiger partial charge on any atom is -0.495 e. The number of methoxy groups -OCH3 is 1. The Morgan fingerprint density at radius 1 is 1.37 bits per heavy atom. The van der Waals surface area contributed by atoms with Gasteiger partial charge in [0.15, 0.2) is 0 Å². The quantitative estimate of drug-likeness (QED) is 0.921. The van der Waals surface area contributed by atoms with E-state index in [-0.39, 0.29) is 16.5 Å². The van der Waals surface area contributed by atoms with E-state index in [1.165, 1.54) is 31.6 Å². The summed E-state index contributed by atoms with van der Waals surface area (Å²) in [6, 6.07) is 7.64. The van der Waals surface area contributed by atoms with Gasteiger partial charge in [-0.15, -0.1) is 0 Å². The number of hydrogen-bond donors (Lipinski definition) is 1. The van der Waals surface area contributed by atoms with Crippen LogP contribution in [0.4, 0.5) is 0 Å². The summed E-state index contributed by atoms with van der Waals surface area (Å²) in [6.45, 7) is 0.0823. The van der Waals surface area contributed by atoms with Gasteiger partial charge in [0.1, 0.15) is 11.5 Å². The van der Waals surface area contributed by atoms with E-state index in [9.17, 15) is 8.42 Å². The van der Waals surface area contributed by atoms with E-state index < -0.39 is 10.0 Å². The lowest BCUT2D eigenvalue weighted by molar-refractivity contribution is 0.414. The number of rotatable bonds is 5. The Morgan fingerprint density at radius 2 is 2.16 bits per heavy atom. The second-order valence-corrected chi connectivity index (χ2v) is 5.87. The molecule has 1 aromatic heterocycles. The Kier molecular flexibility index (Phi) is 4.14. The van der Waals surface area contributed by atoms with Crippen molar-refractivity contribution in [1.29, 1.82) is 0 Å². The predicted molar refractivity (Wildman–Crippen MR) is 70.7 cm³/mol. The molecule has 0 aliphatic heterocycles. The highest BCUT2D eigenvalue weighted by Gasteiger charge is 2.16. The third-order valence-electron chi connectivity index (χ3n) is 2.45. The van der Waals surface area contributed by atoms with Crippen molar-refractivity contribution in [2.45, 2.75) is 11.4 Å². The third-order valence-corrected chi connectivity index (χ3v) is 4.14. The van der Waals surface area contributed by atoms with Gasteiger partial charge in [-0.25, -0.2) is 13.1 Å². The van der Waals surface area contributed by atoms with E-state index in [1.807, 2.05) is 0 Å². The fourth-order valence-electron chi connectivity index (χ4n) is 1.48. The summed E-state index contributed by atoms with van der Waals surface area (Å²) in [5.74, 6) is 0.954. The fraction of sp³-hybridized carbons (Fsp3) is 0.167. The highest BCUT2D eigenvalue weighted by atomic mass is 35.5. The van der Waals surface area contributed by atoms with Gasteiger partial charge in [-0.1, -0.05) is 11.6 Å².